The minimum Gasteiger partial charge on any atom is -0.255 e. The van der Waals surface area contributed by atoms with Gasteiger partial charge in [0.25, 0.3) is 0 Å². The quantitative estimate of drug-likeness (QED) is 0.842. The predicted octanol–water partition coefficient (Wildman–Crippen LogP) is 1.42. The van der Waals surface area contributed by atoms with E-state index >= 15 is 0 Å². The van der Waals surface area contributed by atoms with Crippen LogP contribution in [0, 0.1) is 0 Å². The van der Waals surface area contributed by atoms with Crippen molar-refractivity contribution >= 4 is 27.5 Å². The van der Waals surface area contributed by atoms with Crippen molar-refractivity contribution in [2.45, 2.75) is 6.54 Å². The number of hydrogen-bond donors (Lipinski definition) is 0. The number of rotatable bonds is 2. The van der Waals surface area contributed by atoms with Crippen molar-refractivity contribution in [3.63, 3.8) is 0 Å². The number of aromatic nitrogens is 2. The molecule has 2 rings (SSSR count). The summed E-state index contributed by atoms with van der Waals surface area (Å²) in [5.41, 5.74) is 0.665. The zero-order chi connectivity index (χ0) is 11.7. The molecule has 1 heterocycles. The molecule has 0 bridgehead atoms. The molecule has 2 aromatic rings. The summed E-state index contributed by atoms with van der Waals surface area (Å²) >= 11 is 4.25. The zero-order valence-corrected chi connectivity index (χ0v) is 10.9. The first kappa shape index (κ1) is 11.3. The smallest absolute Gasteiger partial charge is 0.255 e. The van der Waals surface area contributed by atoms with Crippen LogP contribution in [0.4, 0.5) is 0 Å². The molecule has 0 aliphatic carbocycles. The average molecular weight is 301 g/mol. The Labute approximate surface area is 104 Å². The van der Waals surface area contributed by atoms with Gasteiger partial charge >= 0.3 is 10.6 Å². The third-order valence-electron chi connectivity index (χ3n) is 2.19. The molecule has 0 saturated heterocycles. The Bertz CT molecular complexity index is 609. The molecule has 0 unspecified atom stereocenters. The fraction of sp³-hybridized carbons (Fsp3) is 0.200. The summed E-state index contributed by atoms with van der Waals surface area (Å²) in [5, 5.41) is 0. The van der Waals surface area contributed by atoms with Crippen LogP contribution in [0.15, 0.2) is 38.3 Å². The van der Waals surface area contributed by atoms with Crippen molar-refractivity contribution in [3.8, 4) is 0 Å². The van der Waals surface area contributed by atoms with Crippen LogP contribution >= 0.6 is 27.5 Å². The number of benzene rings is 1. The molecular weight excluding hydrogens is 292 g/mol. The van der Waals surface area contributed by atoms with Gasteiger partial charge in [-0.05, 0) is 17.7 Å². The number of hydrogen-bond acceptors (Lipinski definition) is 3. The van der Waals surface area contributed by atoms with Crippen molar-refractivity contribution < 1.29 is 0 Å². The highest BCUT2D eigenvalue weighted by Crippen LogP contribution is 2.10. The zero-order valence-electron chi connectivity index (χ0n) is 8.51. The van der Waals surface area contributed by atoms with Gasteiger partial charge in [-0.3, -0.25) is 4.79 Å². The van der Waals surface area contributed by atoms with Crippen LogP contribution in [-0.2, 0) is 13.6 Å². The van der Waals surface area contributed by atoms with Crippen molar-refractivity contribution in [2.24, 2.45) is 7.05 Å². The Balaban J connectivity index is 2.38. The van der Waals surface area contributed by atoms with E-state index in [1.807, 2.05) is 24.3 Å². The number of halogens is 1. The van der Waals surface area contributed by atoms with E-state index in [2.05, 4.69) is 15.9 Å². The van der Waals surface area contributed by atoms with Crippen molar-refractivity contribution in [3.05, 3.63) is 54.5 Å². The molecule has 0 aliphatic rings. The maximum absolute atomic E-state index is 11.6. The van der Waals surface area contributed by atoms with E-state index in [4.69, 9.17) is 0 Å². The van der Waals surface area contributed by atoms with Gasteiger partial charge in [-0.25, -0.2) is 13.3 Å². The molecule has 4 nitrogen and oxygen atoms in total. The third-order valence-corrected chi connectivity index (χ3v) is 3.52. The summed E-state index contributed by atoms with van der Waals surface area (Å²) in [6.45, 7) is 0.322. The third kappa shape index (κ3) is 2.17. The highest BCUT2D eigenvalue weighted by molar-refractivity contribution is 9.10. The van der Waals surface area contributed by atoms with E-state index in [0.29, 0.717) is 6.54 Å². The molecule has 0 amide bonds. The summed E-state index contributed by atoms with van der Waals surface area (Å²) in [7, 11) is 1.59. The lowest BCUT2D eigenvalue weighted by Crippen LogP contribution is -2.28. The molecule has 6 heteroatoms. The van der Waals surface area contributed by atoms with Gasteiger partial charge in [-0.1, -0.05) is 28.1 Å². The minimum atomic E-state index is -0.266. The molecular formula is C10H9BrN2O2S. The molecule has 84 valence electrons. The second kappa shape index (κ2) is 4.39. The second-order valence-corrected chi connectivity index (χ2v) is 5.35. The molecule has 0 aliphatic heterocycles. The van der Waals surface area contributed by atoms with Gasteiger partial charge in [0.05, 0.1) is 6.54 Å². The Hall–Kier alpha value is -1.14. The standard InChI is InChI=1S/C10H9BrN2O2S/c1-12-9(14)13(10(15)16-12)6-7-2-4-8(11)5-3-7/h2-5H,6H2,1H3. The van der Waals surface area contributed by atoms with Crippen LogP contribution in [0.1, 0.15) is 5.56 Å². The fourth-order valence-corrected chi connectivity index (χ4v) is 2.27. The first-order valence-electron chi connectivity index (χ1n) is 4.59. The van der Waals surface area contributed by atoms with Crippen molar-refractivity contribution in [1.82, 2.24) is 8.52 Å². The summed E-state index contributed by atoms with van der Waals surface area (Å²) in [6, 6.07) is 7.54. The first-order chi connectivity index (χ1) is 7.58. The largest absolute Gasteiger partial charge is 0.341 e. The highest BCUT2D eigenvalue weighted by atomic mass is 79.9. The van der Waals surface area contributed by atoms with Gasteiger partial charge in [-0.2, -0.15) is 0 Å². The van der Waals surface area contributed by atoms with Crippen LogP contribution in [0.5, 0.6) is 0 Å². The molecule has 0 spiro atoms. The minimum absolute atomic E-state index is 0.226. The maximum atomic E-state index is 11.6. The summed E-state index contributed by atoms with van der Waals surface area (Å²) in [4.78, 5) is 22.8. The van der Waals surface area contributed by atoms with Gasteiger partial charge in [-0.15, -0.1) is 0 Å². The van der Waals surface area contributed by atoms with Gasteiger partial charge in [0.15, 0.2) is 0 Å². The van der Waals surface area contributed by atoms with Crippen LogP contribution in [-0.4, -0.2) is 8.52 Å². The van der Waals surface area contributed by atoms with Crippen LogP contribution in [0.2, 0.25) is 0 Å². The summed E-state index contributed by atoms with van der Waals surface area (Å²) in [5.74, 6) is 0. The Kier molecular flexibility index (Phi) is 3.11. The van der Waals surface area contributed by atoms with E-state index < -0.39 is 0 Å². The molecule has 1 aromatic carbocycles. The molecule has 16 heavy (non-hydrogen) atoms. The summed E-state index contributed by atoms with van der Waals surface area (Å²) in [6.07, 6.45) is 0. The van der Waals surface area contributed by atoms with Crippen molar-refractivity contribution in [1.29, 1.82) is 0 Å². The lowest BCUT2D eigenvalue weighted by Gasteiger charge is -2.00. The van der Waals surface area contributed by atoms with Gasteiger partial charge in [0.1, 0.15) is 0 Å². The van der Waals surface area contributed by atoms with E-state index in [0.717, 1.165) is 21.6 Å². The van der Waals surface area contributed by atoms with E-state index in [9.17, 15) is 9.59 Å². The fourth-order valence-electron chi connectivity index (χ4n) is 1.36. The molecule has 0 saturated carbocycles. The predicted molar refractivity (Wildman–Crippen MR) is 67.1 cm³/mol. The van der Waals surface area contributed by atoms with Crippen LogP contribution in [0.3, 0.4) is 0 Å². The maximum Gasteiger partial charge on any atom is 0.341 e. The van der Waals surface area contributed by atoms with Gasteiger partial charge in [0, 0.05) is 23.1 Å². The average Bonchev–Trinajstić information content (AvgIpc) is 2.48. The highest BCUT2D eigenvalue weighted by Gasteiger charge is 2.07. The number of aryl methyl sites for hydroxylation is 1. The molecule has 0 N–H and O–H groups in total. The van der Waals surface area contributed by atoms with Gasteiger partial charge < -0.3 is 0 Å². The Morgan fingerprint density at radius 1 is 1.25 bits per heavy atom. The van der Waals surface area contributed by atoms with Crippen LogP contribution < -0.4 is 10.6 Å². The molecule has 0 fully saturated rings. The van der Waals surface area contributed by atoms with E-state index in [1.165, 1.54) is 8.52 Å². The molecule has 0 atom stereocenters. The molecule has 0 radical (unpaired) electrons. The molecule has 1 aromatic heterocycles. The van der Waals surface area contributed by atoms with Crippen LogP contribution in [0.25, 0.3) is 0 Å². The number of nitrogens with zero attached hydrogens (tertiary/aromatic N) is 2. The monoisotopic (exact) mass is 300 g/mol. The second-order valence-electron chi connectivity index (χ2n) is 3.35. The van der Waals surface area contributed by atoms with E-state index in [1.54, 1.807) is 7.05 Å². The van der Waals surface area contributed by atoms with E-state index in [-0.39, 0.29) is 10.6 Å². The lowest BCUT2D eigenvalue weighted by atomic mass is 10.2. The summed E-state index contributed by atoms with van der Waals surface area (Å²) < 4.78 is 3.54. The Morgan fingerprint density at radius 2 is 1.88 bits per heavy atom. The first-order valence-corrected chi connectivity index (χ1v) is 6.16. The Morgan fingerprint density at radius 3 is 2.38 bits per heavy atom. The van der Waals surface area contributed by atoms with Crippen molar-refractivity contribution in [2.75, 3.05) is 0 Å². The normalized spacial score (nSPS) is 10.6. The van der Waals surface area contributed by atoms with Gasteiger partial charge in [0.2, 0.25) is 0 Å². The topological polar surface area (TPSA) is 44.0 Å². The SMILES string of the molecule is Cn1sc(=O)n(Cc2ccc(Br)cc2)c1=O. The lowest BCUT2D eigenvalue weighted by molar-refractivity contribution is 0.706.